The van der Waals surface area contributed by atoms with E-state index in [1.807, 2.05) is 12.3 Å². The summed E-state index contributed by atoms with van der Waals surface area (Å²) in [5, 5.41) is 0. The average molecular weight is 177 g/mol. The fourth-order valence-electron chi connectivity index (χ4n) is 1.41. The summed E-state index contributed by atoms with van der Waals surface area (Å²) in [7, 11) is 0. The minimum Gasteiger partial charge on any atom is -0.330 e. The number of nitrogens with two attached hydrogens (primary N) is 1. The van der Waals surface area contributed by atoms with Gasteiger partial charge in [-0.25, -0.2) is 9.97 Å². The van der Waals surface area contributed by atoms with Crippen LogP contribution in [0.1, 0.15) is 24.4 Å². The van der Waals surface area contributed by atoms with E-state index < -0.39 is 0 Å². The first kappa shape index (κ1) is 8.63. The maximum absolute atomic E-state index is 5.46. The molecule has 1 aromatic heterocycles. The van der Waals surface area contributed by atoms with Gasteiger partial charge in [0.2, 0.25) is 0 Å². The SMILES string of the molecule is NCCc1ccnc(CC2CC2)n1. The Morgan fingerprint density at radius 1 is 1.46 bits per heavy atom. The molecular formula is C10H15N3. The Bertz CT molecular complexity index is 281. The lowest BCUT2D eigenvalue weighted by Crippen LogP contribution is -2.06. The summed E-state index contributed by atoms with van der Waals surface area (Å²) in [5.41, 5.74) is 6.54. The largest absolute Gasteiger partial charge is 0.330 e. The molecule has 1 saturated carbocycles. The molecule has 2 N–H and O–H groups in total. The molecule has 0 aliphatic heterocycles. The van der Waals surface area contributed by atoms with Crippen molar-refractivity contribution in [3.8, 4) is 0 Å². The molecule has 0 radical (unpaired) electrons. The summed E-state index contributed by atoms with van der Waals surface area (Å²) >= 11 is 0. The van der Waals surface area contributed by atoms with Gasteiger partial charge in [0.15, 0.2) is 0 Å². The average Bonchev–Trinajstić information content (AvgIpc) is 2.90. The van der Waals surface area contributed by atoms with Crippen molar-refractivity contribution in [3.63, 3.8) is 0 Å². The van der Waals surface area contributed by atoms with E-state index in [2.05, 4.69) is 9.97 Å². The fourth-order valence-corrected chi connectivity index (χ4v) is 1.41. The molecule has 0 spiro atoms. The van der Waals surface area contributed by atoms with Crippen molar-refractivity contribution in [3.05, 3.63) is 23.8 Å². The Hall–Kier alpha value is -0.960. The summed E-state index contributed by atoms with van der Waals surface area (Å²) in [6.45, 7) is 0.667. The molecule has 1 aliphatic carbocycles. The lowest BCUT2D eigenvalue weighted by molar-refractivity contribution is 0.753. The van der Waals surface area contributed by atoms with Gasteiger partial charge in [-0.05, 0) is 31.4 Å². The summed E-state index contributed by atoms with van der Waals surface area (Å²) in [4.78, 5) is 8.70. The Morgan fingerprint density at radius 2 is 2.31 bits per heavy atom. The molecule has 1 aromatic rings. The van der Waals surface area contributed by atoms with Crippen LogP contribution in [0.25, 0.3) is 0 Å². The van der Waals surface area contributed by atoms with E-state index in [0.717, 1.165) is 30.3 Å². The minimum atomic E-state index is 0.667. The van der Waals surface area contributed by atoms with E-state index in [1.165, 1.54) is 12.8 Å². The Morgan fingerprint density at radius 3 is 3.00 bits per heavy atom. The maximum Gasteiger partial charge on any atom is 0.128 e. The summed E-state index contributed by atoms with van der Waals surface area (Å²) < 4.78 is 0. The first-order valence-corrected chi connectivity index (χ1v) is 4.89. The van der Waals surface area contributed by atoms with Gasteiger partial charge in [-0.15, -0.1) is 0 Å². The zero-order valence-electron chi connectivity index (χ0n) is 7.74. The molecule has 70 valence electrons. The predicted molar refractivity (Wildman–Crippen MR) is 51.2 cm³/mol. The maximum atomic E-state index is 5.46. The van der Waals surface area contributed by atoms with Gasteiger partial charge in [0.1, 0.15) is 5.82 Å². The normalized spacial score (nSPS) is 16.1. The minimum absolute atomic E-state index is 0.667. The van der Waals surface area contributed by atoms with E-state index in [0.29, 0.717) is 6.54 Å². The van der Waals surface area contributed by atoms with Gasteiger partial charge in [-0.2, -0.15) is 0 Å². The molecular weight excluding hydrogens is 162 g/mol. The van der Waals surface area contributed by atoms with Crippen molar-refractivity contribution in [1.82, 2.24) is 9.97 Å². The summed E-state index contributed by atoms with van der Waals surface area (Å²) in [5.74, 6) is 1.85. The van der Waals surface area contributed by atoms with E-state index in [-0.39, 0.29) is 0 Å². The van der Waals surface area contributed by atoms with Crippen LogP contribution in [-0.4, -0.2) is 16.5 Å². The highest BCUT2D eigenvalue weighted by molar-refractivity contribution is 5.04. The molecule has 0 saturated heterocycles. The Kier molecular flexibility index (Phi) is 2.54. The van der Waals surface area contributed by atoms with E-state index >= 15 is 0 Å². The third-order valence-corrected chi connectivity index (χ3v) is 2.33. The van der Waals surface area contributed by atoms with E-state index in [4.69, 9.17) is 5.73 Å². The molecule has 0 unspecified atom stereocenters. The zero-order valence-corrected chi connectivity index (χ0v) is 7.74. The number of hydrogen-bond donors (Lipinski definition) is 1. The molecule has 13 heavy (non-hydrogen) atoms. The molecule has 1 heterocycles. The predicted octanol–water partition coefficient (Wildman–Crippen LogP) is 0.930. The monoisotopic (exact) mass is 177 g/mol. The van der Waals surface area contributed by atoms with Crippen molar-refractivity contribution < 1.29 is 0 Å². The van der Waals surface area contributed by atoms with Crippen molar-refractivity contribution >= 4 is 0 Å². The van der Waals surface area contributed by atoms with Crippen molar-refractivity contribution in [2.45, 2.75) is 25.7 Å². The summed E-state index contributed by atoms with van der Waals surface area (Å²) in [6.07, 6.45) is 6.46. The molecule has 3 heteroatoms. The van der Waals surface area contributed by atoms with Gasteiger partial charge in [0, 0.05) is 24.7 Å². The standard InChI is InChI=1S/C10H15N3/c11-5-3-9-4-6-12-10(13-9)7-8-1-2-8/h4,6,8H,1-3,5,7,11H2. The van der Waals surface area contributed by atoms with Crippen molar-refractivity contribution in [1.29, 1.82) is 0 Å². The lowest BCUT2D eigenvalue weighted by Gasteiger charge is -2.00. The molecule has 0 bridgehead atoms. The number of rotatable bonds is 4. The van der Waals surface area contributed by atoms with Crippen LogP contribution >= 0.6 is 0 Å². The molecule has 0 aromatic carbocycles. The van der Waals surface area contributed by atoms with E-state index in [9.17, 15) is 0 Å². The third kappa shape index (κ3) is 2.49. The molecule has 3 nitrogen and oxygen atoms in total. The fraction of sp³-hybridized carbons (Fsp3) is 0.600. The first-order chi connectivity index (χ1) is 6.38. The number of hydrogen-bond acceptors (Lipinski definition) is 3. The van der Waals surface area contributed by atoms with Crippen LogP contribution in [0.15, 0.2) is 12.3 Å². The molecule has 1 fully saturated rings. The van der Waals surface area contributed by atoms with Crippen LogP contribution in [0.4, 0.5) is 0 Å². The Balaban J connectivity index is 2.02. The zero-order chi connectivity index (χ0) is 9.10. The van der Waals surface area contributed by atoms with Crippen LogP contribution in [-0.2, 0) is 12.8 Å². The topological polar surface area (TPSA) is 51.8 Å². The number of aromatic nitrogens is 2. The molecule has 2 rings (SSSR count). The highest BCUT2D eigenvalue weighted by Gasteiger charge is 2.22. The van der Waals surface area contributed by atoms with Gasteiger partial charge in [-0.1, -0.05) is 0 Å². The molecule has 1 aliphatic rings. The van der Waals surface area contributed by atoms with Gasteiger partial charge in [-0.3, -0.25) is 0 Å². The lowest BCUT2D eigenvalue weighted by atomic mass is 10.2. The second kappa shape index (κ2) is 3.83. The van der Waals surface area contributed by atoms with E-state index in [1.54, 1.807) is 0 Å². The highest BCUT2D eigenvalue weighted by Crippen LogP contribution is 2.31. The van der Waals surface area contributed by atoms with Crippen molar-refractivity contribution in [2.75, 3.05) is 6.54 Å². The smallest absolute Gasteiger partial charge is 0.128 e. The molecule has 0 amide bonds. The van der Waals surface area contributed by atoms with Crippen LogP contribution in [0.2, 0.25) is 0 Å². The van der Waals surface area contributed by atoms with Crippen molar-refractivity contribution in [2.24, 2.45) is 11.7 Å². The van der Waals surface area contributed by atoms with Gasteiger partial charge in [0.05, 0.1) is 0 Å². The quantitative estimate of drug-likeness (QED) is 0.744. The second-order valence-electron chi connectivity index (χ2n) is 3.65. The van der Waals surface area contributed by atoms with Gasteiger partial charge in [0.25, 0.3) is 0 Å². The first-order valence-electron chi connectivity index (χ1n) is 4.89. The third-order valence-electron chi connectivity index (χ3n) is 2.33. The van der Waals surface area contributed by atoms with Crippen LogP contribution in [0, 0.1) is 5.92 Å². The van der Waals surface area contributed by atoms with Crippen LogP contribution in [0.5, 0.6) is 0 Å². The second-order valence-corrected chi connectivity index (χ2v) is 3.65. The highest BCUT2D eigenvalue weighted by atomic mass is 14.9. The number of nitrogens with zero attached hydrogens (tertiary/aromatic N) is 2. The van der Waals surface area contributed by atoms with Gasteiger partial charge < -0.3 is 5.73 Å². The van der Waals surface area contributed by atoms with Crippen LogP contribution < -0.4 is 5.73 Å². The van der Waals surface area contributed by atoms with Crippen LogP contribution in [0.3, 0.4) is 0 Å². The summed E-state index contributed by atoms with van der Waals surface area (Å²) in [6, 6.07) is 1.95. The molecule has 0 atom stereocenters. The Labute approximate surface area is 78.4 Å². The van der Waals surface area contributed by atoms with Gasteiger partial charge >= 0.3 is 0 Å².